The van der Waals surface area contributed by atoms with Crippen LogP contribution in [0.25, 0.3) is 0 Å². The maximum Gasteiger partial charge on any atom is 0.421 e. The number of aliphatic hydroxyl groups is 1. The number of hydrogen-bond acceptors (Lipinski definition) is 5. The number of carbonyl (C=O) groups is 2. The van der Waals surface area contributed by atoms with Crippen LogP contribution in [0, 0.1) is 5.82 Å². The summed E-state index contributed by atoms with van der Waals surface area (Å²) in [7, 11) is 0. The van der Waals surface area contributed by atoms with Crippen LogP contribution in [0.4, 0.5) is 14.9 Å². The number of nitrogens with zero attached hydrogens (tertiary/aromatic N) is 1. The van der Waals surface area contributed by atoms with Crippen molar-refractivity contribution in [1.82, 2.24) is 0 Å². The second-order valence-electron chi connectivity index (χ2n) is 5.87. The van der Waals surface area contributed by atoms with Gasteiger partial charge in [-0.3, -0.25) is 4.79 Å². The summed E-state index contributed by atoms with van der Waals surface area (Å²) in [6.45, 7) is 4.54. The third-order valence-electron chi connectivity index (χ3n) is 2.70. The largest absolute Gasteiger partial charge is 0.443 e. The number of carbonyl (C=O) groups excluding carboxylic acids is 2. The molecule has 1 aromatic rings. The molecule has 0 radical (unpaired) electrons. The molecule has 0 aliphatic rings. The summed E-state index contributed by atoms with van der Waals surface area (Å²) < 4.78 is 19.8. The van der Waals surface area contributed by atoms with Gasteiger partial charge in [0.1, 0.15) is 11.4 Å². The van der Waals surface area contributed by atoms with Crippen molar-refractivity contribution >= 4 is 33.6 Å². The highest BCUT2D eigenvalue weighted by Gasteiger charge is 2.33. The third kappa shape index (κ3) is 5.56. The number of halogens is 2. The van der Waals surface area contributed by atoms with Crippen molar-refractivity contribution in [3.8, 4) is 0 Å². The highest BCUT2D eigenvalue weighted by molar-refractivity contribution is 9.10. The minimum absolute atomic E-state index is 0.0592. The van der Waals surface area contributed by atoms with E-state index in [-0.39, 0.29) is 18.7 Å². The molecule has 3 N–H and O–H groups in total. The number of ether oxygens (including phenoxy) is 1. The molecule has 0 aromatic heterocycles. The van der Waals surface area contributed by atoms with Gasteiger partial charge in [0.25, 0.3) is 5.91 Å². The lowest BCUT2D eigenvalue weighted by Gasteiger charge is -2.28. The average Bonchev–Trinajstić information content (AvgIpc) is 2.39. The Bertz CT molecular complexity index is 589. The van der Waals surface area contributed by atoms with Gasteiger partial charge in [0.2, 0.25) is 0 Å². The van der Waals surface area contributed by atoms with Gasteiger partial charge in [-0.05, 0) is 45.4 Å². The van der Waals surface area contributed by atoms with Crippen molar-refractivity contribution in [3.05, 3.63) is 28.5 Å². The fourth-order valence-electron chi connectivity index (χ4n) is 1.71. The summed E-state index contributed by atoms with van der Waals surface area (Å²) in [5, 5.41) is 8.91. The van der Waals surface area contributed by atoms with E-state index in [9.17, 15) is 14.0 Å². The molecular weight excluding hydrogens is 371 g/mol. The number of nitrogens with two attached hydrogens (primary N) is 1. The van der Waals surface area contributed by atoms with Gasteiger partial charge in [0.15, 0.2) is 0 Å². The number of anilines is 1. The Morgan fingerprint density at radius 3 is 2.52 bits per heavy atom. The van der Waals surface area contributed by atoms with E-state index in [0.29, 0.717) is 9.37 Å². The summed E-state index contributed by atoms with van der Waals surface area (Å²) in [6.07, 6.45) is -1.09. The van der Waals surface area contributed by atoms with Gasteiger partial charge < -0.3 is 15.6 Å². The van der Waals surface area contributed by atoms with Gasteiger partial charge in [-0.15, -0.1) is 0 Å². The molecule has 0 aliphatic heterocycles. The van der Waals surface area contributed by atoms with Crippen molar-refractivity contribution in [2.45, 2.75) is 38.8 Å². The first-order valence-electron chi connectivity index (χ1n) is 6.95. The van der Waals surface area contributed by atoms with Crippen LogP contribution in [0.1, 0.15) is 27.2 Å². The molecule has 23 heavy (non-hydrogen) atoms. The summed E-state index contributed by atoms with van der Waals surface area (Å²) >= 11 is 3.10. The van der Waals surface area contributed by atoms with Crippen LogP contribution in [0.2, 0.25) is 0 Å². The Labute approximate surface area is 142 Å². The number of hydrogen-bond donors (Lipinski definition) is 2. The quantitative estimate of drug-likeness (QED) is 0.823. The van der Waals surface area contributed by atoms with Gasteiger partial charge in [-0.2, -0.15) is 0 Å². The van der Waals surface area contributed by atoms with E-state index in [1.165, 1.54) is 12.1 Å². The van der Waals surface area contributed by atoms with Gasteiger partial charge in [-0.25, -0.2) is 14.1 Å². The number of rotatable bonds is 4. The zero-order valence-corrected chi connectivity index (χ0v) is 14.8. The SMILES string of the molecule is CC(C)(C)OC(=O)N(C(=O)[C@@H](N)CCO)c1ccc(Br)cc1F. The highest BCUT2D eigenvalue weighted by Crippen LogP contribution is 2.25. The monoisotopic (exact) mass is 390 g/mol. The lowest BCUT2D eigenvalue weighted by molar-refractivity contribution is -0.120. The van der Waals surface area contributed by atoms with Crippen LogP contribution in [0.15, 0.2) is 22.7 Å². The molecule has 1 aromatic carbocycles. The molecule has 0 saturated carbocycles. The summed E-state index contributed by atoms with van der Waals surface area (Å²) in [4.78, 5) is 25.3. The number of aliphatic hydroxyl groups excluding tert-OH is 1. The van der Waals surface area contributed by atoms with E-state index >= 15 is 0 Å². The molecule has 0 heterocycles. The van der Waals surface area contributed by atoms with Crippen molar-refractivity contribution in [2.75, 3.05) is 11.5 Å². The summed E-state index contributed by atoms with van der Waals surface area (Å²) in [5.74, 6) is -1.63. The highest BCUT2D eigenvalue weighted by atomic mass is 79.9. The maximum absolute atomic E-state index is 14.2. The van der Waals surface area contributed by atoms with Crippen molar-refractivity contribution < 1.29 is 23.8 Å². The predicted octanol–water partition coefficient (Wildman–Crippen LogP) is 2.57. The van der Waals surface area contributed by atoms with E-state index in [1.54, 1.807) is 20.8 Å². The fraction of sp³-hybridized carbons (Fsp3) is 0.467. The average molecular weight is 391 g/mol. The molecule has 1 atom stereocenters. The van der Waals surface area contributed by atoms with Crippen molar-refractivity contribution in [1.29, 1.82) is 0 Å². The van der Waals surface area contributed by atoms with Crippen molar-refractivity contribution in [2.24, 2.45) is 5.73 Å². The first-order valence-corrected chi connectivity index (χ1v) is 7.74. The molecule has 0 aliphatic carbocycles. The van der Waals surface area contributed by atoms with Crippen LogP contribution in [0.3, 0.4) is 0 Å². The third-order valence-corrected chi connectivity index (χ3v) is 3.20. The van der Waals surface area contributed by atoms with E-state index in [4.69, 9.17) is 15.6 Å². The van der Waals surface area contributed by atoms with Crippen LogP contribution >= 0.6 is 15.9 Å². The van der Waals surface area contributed by atoms with Crippen molar-refractivity contribution in [3.63, 3.8) is 0 Å². The summed E-state index contributed by atoms with van der Waals surface area (Å²) in [6, 6.07) is 2.72. The van der Waals surface area contributed by atoms with E-state index in [1.807, 2.05) is 0 Å². The lowest BCUT2D eigenvalue weighted by atomic mass is 10.1. The second kappa shape index (κ2) is 7.85. The number of benzene rings is 1. The maximum atomic E-state index is 14.2. The summed E-state index contributed by atoms with van der Waals surface area (Å²) in [5.41, 5.74) is 4.52. The van der Waals surface area contributed by atoms with Crippen LogP contribution < -0.4 is 10.6 Å². The van der Waals surface area contributed by atoms with Crippen LogP contribution in [-0.2, 0) is 9.53 Å². The molecule has 128 valence electrons. The van der Waals surface area contributed by atoms with Gasteiger partial charge in [0.05, 0.1) is 11.7 Å². The molecule has 1 rings (SSSR count). The molecule has 0 fully saturated rings. The number of imide groups is 1. The Hall–Kier alpha value is -1.51. The van der Waals surface area contributed by atoms with Crippen LogP contribution in [0.5, 0.6) is 0 Å². The second-order valence-corrected chi connectivity index (χ2v) is 6.78. The Morgan fingerprint density at radius 2 is 2.04 bits per heavy atom. The lowest BCUT2D eigenvalue weighted by Crippen LogP contribution is -2.49. The van der Waals surface area contributed by atoms with Crippen LogP contribution in [-0.4, -0.2) is 35.4 Å². The standard InChI is InChI=1S/C15H20BrFN2O4/c1-15(2,3)23-14(22)19(13(21)11(18)6-7-20)12-5-4-9(16)8-10(12)17/h4-5,8,11,20H,6-7,18H2,1-3H3/t11-/m0/s1. The predicted molar refractivity (Wildman–Crippen MR) is 87.5 cm³/mol. The minimum Gasteiger partial charge on any atom is -0.443 e. The van der Waals surface area contributed by atoms with E-state index < -0.39 is 29.5 Å². The Morgan fingerprint density at radius 1 is 1.43 bits per heavy atom. The van der Waals surface area contributed by atoms with Gasteiger partial charge in [-0.1, -0.05) is 15.9 Å². The fourth-order valence-corrected chi connectivity index (χ4v) is 2.04. The smallest absolute Gasteiger partial charge is 0.421 e. The Kier molecular flexibility index (Phi) is 6.67. The molecule has 8 heteroatoms. The van der Waals surface area contributed by atoms with E-state index in [0.717, 1.165) is 6.07 Å². The zero-order chi connectivity index (χ0) is 17.8. The topological polar surface area (TPSA) is 92.9 Å². The Balaban J connectivity index is 3.25. The first kappa shape index (κ1) is 19.5. The molecule has 0 spiro atoms. The van der Waals surface area contributed by atoms with Gasteiger partial charge >= 0.3 is 6.09 Å². The number of amides is 2. The molecule has 6 nitrogen and oxygen atoms in total. The zero-order valence-electron chi connectivity index (χ0n) is 13.2. The molecule has 0 saturated heterocycles. The minimum atomic E-state index is -1.16. The normalized spacial score (nSPS) is 12.7. The molecule has 0 unspecified atom stereocenters. The molecular formula is C15H20BrFN2O4. The molecule has 0 bridgehead atoms. The molecule has 2 amide bonds. The first-order chi connectivity index (χ1) is 10.6. The van der Waals surface area contributed by atoms with Gasteiger partial charge in [0, 0.05) is 11.1 Å². The van der Waals surface area contributed by atoms with E-state index in [2.05, 4.69) is 15.9 Å².